The van der Waals surface area contributed by atoms with Crippen molar-refractivity contribution in [2.24, 2.45) is 0 Å². The Kier molecular flexibility index (Phi) is 4.79. The van der Waals surface area contributed by atoms with E-state index in [1.165, 1.54) is 4.90 Å². The number of aliphatic carboxylic acids is 2. The van der Waals surface area contributed by atoms with Crippen LogP contribution < -0.4 is 5.32 Å². The monoisotopic (exact) mass is 272 g/mol. The number of rotatable bonds is 4. The van der Waals surface area contributed by atoms with Gasteiger partial charge in [-0.25, -0.2) is 0 Å². The first kappa shape index (κ1) is 14.7. The maximum absolute atomic E-state index is 11.4. The summed E-state index contributed by atoms with van der Waals surface area (Å²) in [4.78, 5) is 34.0. The number of hydrogen-bond donors (Lipinski definition) is 3. The number of alkyl halides is 1. The number of piperazine rings is 1. The Morgan fingerprint density at radius 2 is 2.12 bits per heavy atom. The van der Waals surface area contributed by atoms with Crippen LogP contribution in [0.4, 0.5) is 0 Å². The number of nitrogens with one attached hydrogen (secondary N) is 1. The van der Waals surface area contributed by atoms with Crippen molar-refractivity contribution in [3.8, 4) is 0 Å². The van der Waals surface area contributed by atoms with E-state index in [0.717, 1.165) is 0 Å². The van der Waals surface area contributed by atoms with Gasteiger partial charge in [0.1, 0.15) is 0 Å². The van der Waals surface area contributed by atoms with Crippen LogP contribution in [-0.2, 0) is 14.4 Å². The normalized spacial score (nSPS) is 29.8. The molecule has 17 heavy (non-hydrogen) atoms. The SMILES string of the molecule is O=C(O)CC1NC(=O)CN(CC(=O)O)[C]1([Na])Cl. The van der Waals surface area contributed by atoms with E-state index in [1.807, 2.05) is 0 Å². The molecule has 9 heteroatoms. The molecule has 0 saturated carbocycles. The molecule has 3 N–H and O–H groups in total. The van der Waals surface area contributed by atoms with Gasteiger partial charge in [-0.15, -0.1) is 0 Å². The average Bonchev–Trinajstić information content (AvgIpc) is 2.12. The minimum absolute atomic E-state index is 0.130. The number of hydrogen-bond acceptors (Lipinski definition) is 4. The van der Waals surface area contributed by atoms with E-state index < -0.39 is 26.1 Å². The predicted molar refractivity (Wildman–Crippen MR) is 57.7 cm³/mol. The minimum atomic E-state index is -1.10. The van der Waals surface area contributed by atoms with Gasteiger partial charge < -0.3 is 0 Å². The van der Waals surface area contributed by atoms with Crippen molar-refractivity contribution in [1.29, 1.82) is 0 Å². The van der Waals surface area contributed by atoms with E-state index in [-0.39, 0.29) is 19.5 Å². The summed E-state index contributed by atoms with van der Waals surface area (Å²) >= 11 is 6.53. The molecular formula is C8H10ClN2NaO5. The zero-order chi connectivity index (χ0) is 13.2. The third-order valence-corrected chi connectivity index (χ3v) is 4.46. The Hall–Kier alpha value is -0.340. The molecule has 0 aromatic rings. The van der Waals surface area contributed by atoms with Crippen LogP contribution in [0.1, 0.15) is 6.42 Å². The van der Waals surface area contributed by atoms with Gasteiger partial charge in [-0.2, -0.15) is 0 Å². The van der Waals surface area contributed by atoms with Gasteiger partial charge in [0.25, 0.3) is 0 Å². The molecule has 2 atom stereocenters. The van der Waals surface area contributed by atoms with Crippen molar-refractivity contribution >= 4 is 57.4 Å². The van der Waals surface area contributed by atoms with E-state index in [1.54, 1.807) is 0 Å². The van der Waals surface area contributed by atoms with Crippen LogP contribution in [0.3, 0.4) is 0 Å². The van der Waals surface area contributed by atoms with Crippen molar-refractivity contribution in [2.75, 3.05) is 13.1 Å². The van der Waals surface area contributed by atoms with Crippen molar-refractivity contribution in [2.45, 2.75) is 14.7 Å². The summed E-state index contributed by atoms with van der Waals surface area (Å²) < 4.78 is -1.09. The molecule has 0 radical (unpaired) electrons. The van der Waals surface area contributed by atoms with Crippen LogP contribution in [0.5, 0.6) is 0 Å². The van der Waals surface area contributed by atoms with Crippen LogP contribution >= 0.6 is 11.6 Å². The van der Waals surface area contributed by atoms with E-state index in [9.17, 15) is 14.4 Å². The molecule has 90 valence electrons. The molecule has 1 heterocycles. The number of halogens is 1. The summed E-state index contributed by atoms with van der Waals surface area (Å²) in [6.07, 6.45) is -0.325. The van der Waals surface area contributed by atoms with Gasteiger partial charge in [-0.05, 0) is 0 Å². The van der Waals surface area contributed by atoms with Crippen LogP contribution in [-0.4, -0.2) is 82.3 Å². The standard InChI is InChI=1S/C8H10ClN2O5.Na/c9-8-4(1-6(13)14)10-5(12)2-11(8)3-7(15)16;/h4H,1-3H2,(H,10,12)(H,13,14)(H,15,16);. The van der Waals surface area contributed by atoms with E-state index in [2.05, 4.69) is 5.32 Å². The predicted octanol–water partition coefficient (Wildman–Crippen LogP) is -1.59. The molecule has 0 spiro atoms. The fourth-order valence-corrected chi connectivity index (χ4v) is 2.62. The quantitative estimate of drug-likeness (QED) is 0.323. The summed E-state index contributed by atoms with van der Waals surface area (Å²) in [6.45, 7) is -0.508. The van der Waals surface area contributed by atoms with Gasteiger partial charge in [-0.1, -0.05) is 0 Å². The molecule has 0 aromatic heterocycles. The topological polar surface area (TPSA) is 107 Å². The second-order valence-electron chi connectivity index (χ2n) is 3.99. The molecule has 1 amide bonds. The molecule has 0 aliphatic carbocycles. The Balaban J connectivity index is 2.88. The molecule has 1 fully saturated rings. The summed E-state index contributed by atoms with van der Waals surface area (Å²) in [7, 11) is 0. The molecule has 1 saturated heterocycles. The molecule has 1 aliphatic rings. The van der Waals surface area contributed by atoms with Crippen molar-refractivity contribution in [3.05, 3.63) is 0 Å². The fraction of sp³-hybridized carbons (Fsp3) is 0.625. The van der Waals surface area contributed by atoms with Gasteiger partial charge in [-0.3, -0.25) is 0 Å². The molecule has 0 aromatic carbocycles. The Labute approximate surface area is 120 Å². The van der Waals surface area contributed by atoms with Crippen LogP contribution in [0.2, 0.25) is 0 Å². The Morgan fingerprint density at radius 1 is 1.53 bits per heavy atom. The molecule has 1 rings (SSSR count). The Morgan fingerprint density at radius 3 is 2.59 bits per heavy atom. The van der Waals surface area contributed by atoms with Crippen LogP contribution in [0.25, 0.3) is 0 Å². The first-order valence-corrected chi connectivity index (χ1v) is 6.28. The Bertz CT molecular complexity index is 328. The first-order chi connectivity index (χ1) is 7.73. The number of carboxylic acids is 2. The van der Waals surface area contributed by atoms with Crippen LogP contribution in [0, 0.1) is 0 Å². The van der Waals surface area contributed by atoms with Gasteiger partial charge in [0.15, 0.2) is 0 Å². The fourth-order valence-electron chi connectivity index (χ4n) is 1.71. The van der Waals surface area contributed by atoms with Gasteiger partial charge in [0.2, 0.25) is 0 Å². The van der Waals surface area contributed by atoms with Gasteiger partial charge >= 0.3 is 120 Å². The summed E-state index contributed by atoms with van der Waals surface area (Å²) in [6, 6.07) is -0.770. The zero-order valence-electron chi connectivity index (χ0n) is 9.14. The third kappa shape index (κ3) is 3.82. The van der Waals surface area contributed by atoms with E-state index >= 15 is 0 Å². The second kappa shape index (κ2) is 5.53. The summed E-state index contributed by atoms with van der Waals surface area (Å²) in [5.74, 6) is -2.60. The first-order valence-electron chi connectivity index (χ1n) is 4.90. The maximum atomic E-state index is 11.4. The van der Waals surface area contributed by atoms with Crippen molar-refractivity contribution in [1.82, 2.24) is 10.2 Å². The van der Waals surface area contributed by atoms with E-state index in [4.69, 9.17) is 21.8 Å². The molecule has 2 unspecified atom stereocenters. The number of nitrogens with zero attached hydrogens (tertiary/aromatic N) is 1. The molecular weight excluding hydrogens is 263 g/mol. The number of carbonyl (C=O) groups is 3. The summed E-state index contributed by atoms with van der Waals surface area (Å²) in [5.41, 5.74) is 0. The molecule has 7 nitrogen and oxygen atoms in total. The van der Waals surface area contributed by atoms with Gasteiger partial charge in [0, 0.05) is 0 Å². The summed E-state index contributed by atoms with van der Waals surface area (Å²) in [5, 5.41) is 19.9. The zero-order valence-corrected chi connectivity index (χ0v) is 11.9. The van der Waals surface area contributed by atoms with Crippen molar-refractivity contribution in [3.63, 3.8) is 0 Å². The van der Waals surface area contributed by atoms with Crippen molar-refractivity contribution < 1.29 is 24.6 Å². The number of carbonyl (C=O) groups excluding carboxylic acids is 1. The second-order valence-corrected chi connectivity index (χ2v) is 6.92. The number of amides is 1. The van der Waals surface area contributed by atoms with E-state index in [0.29, 0.717) is 27.9 Å². The molecule has 1 aliphatic heterocycles. The van der Waals surface area contributed by atoms with Crippen LogP contribution in [0.15, 0.2) is 0 Å². The average molecular weight is 273 g/mol. The van der Waals surface area contributed by atoms with Gasteiger partial charge in [0.05, 0.1) is 0 Å². The molecule has 0 bridgehead atoms. The number of carboxylic acid groups (broad SMARTS) is 2. The third-order valence-electron chi connectivity index (χ3n) is 2.63.